The largest absolute Gasteiger partial charge is 0.363 e. The molecule has 0 bridgehead atoms. The number of nitrogens with one attached hydrogen (secondary N) is 3. The second-order valence-electron chi connectivity index (χ2n) is 15.2. The average molecular weight is 622 g/mol. The summed E-state index contributed by atoms with van der Waals surface area (Å²) in [5.41, 5.74) is 4.89. The first-order valence-corrected chi connectivity index (χ1v) is 16.2. The minimum absolute atomic E-state index is 0.0138. The molecule has 45 heavy (non-hydrogen) atoms. The fourth-order valence-electron chi connectivity index (χ4n) is 7.24. The second-order valence-corrected chi connectivity index (χ2v) is 15.2. The van der Waals surface area contributed by atoms with E-state index in [0.29, 0.717) is 18.5 Å². The molecular weight excluding hydrogens is 574 g/mol. The molecule has 6 atom stereocenters. The number of primary amides is 1. The summed E-state index contributed by atoms with van der Waals surface area (Å²) < 4.78 is 0. The van der Waals surface area contributed by atoms with Crippen molar-refractivity contribution < 1.29 is 28.8 Å². The molecule has 1 unspecified atom stereocenters. The van der Waals surface area contributed by atoms with Crippen molar-refractivity contribution in [2.75, 3.05) is 6.54 Å². The number of carbonyl (C=O) groups is 6. The second kappa shape index (κ2) is 12.2. The van der Waals surface area contributed by atoms with E-state index in [1.807, 2.05) is 26.8 Å². The number of hydrogen-bond acceptors (Lipinski definition) is 6. The van der Waals surface area contributed by atoms with Crippen LogP contribution in [0.25, 0.3) is 0 Å². The number of nitrogens with zero attached hydrogens (tertiary/aromatic N) is 1. The normalized spacial score (nSPS) is 25.5. The predicted molar refractivity (Wildman–Crippen MR) is 167 cm³/mol. The van der Waals surface area contributed by atoms with Crippen LogP contribution in [-0.2, 0) is 19.2 Å². The lowest BCUT2D eigenvalue weighted by Crippen LogP contribution is -2.62. The lowest BCUT2D eigenvalue weighted by atomic mass is 9.77. The smallest absolute Gasteiger partial charge is 0.316 e. The third-order valence-corrected chi connectivity index (χ3v) is 10.5. The van der Waals surface area contributed by atoms with Crippen LogP contribution in [0, 0.1) is 34.5 Å². The van der Waals surface area contributed by atoms with Crippen molar-refractivity contribution in [1.29, 1.82) is 0 Å². The molecule has 4 aliphatic rings. The maximum absolute atomic E-state index is 14.3. The number of fused-ring (bicyclic) bond motifs is 1. The minimum Gasteiger partial charge on any atom is -0.363 e. The molecule has 244 valence electrons. The number of piperidine rings is 1. The highest BCUT2D eigenvalue weighted by Gasteiger charge is 2.70. The van der Waals surface area contributed by atoms with Crippen molar-refractivity contribution in [3.05, 3.63) is 35.9 Å². The third-order valence-electron chi connectivity index (χ3n) is 10.5. The van der Waals surface area contributed by atoms with Gasteiger partial charge in [-0.2, -0.15) is 0 Å². The van der Waals surface area contributed by atoms with Gasteiger partial charge in [0.25, 0.3) is 5.91 Å². The Morgan fingerprint density at radius 2 is 1.60 bits per heavy atom. The summed E-state index contributed by atoms with van der Waals surface area (Å²) in [6, 6.07) is 4.61. The van der Waals surface area contributed by atoms with Crippen molar-refractivity contribution in [2.45, 2.75) is 97.3 Å². The Kier molecular flexibility index (Phi) is 8.85. The summed E-state index contributed by atoms with van der Waals surface area (Å²) in [5.74, 6) is -2.80. The van der Waals surface area contributed by atoms with Gasteiger partial charge in [0.1, 0.15) is 12.1 Å². The Hall–Kier alpha value is -3.76. The van der Waals surface area contributed by atoms with Gasteiger partial charge in [-0.05, 0) is 53.8 Å². The summed E-state index contributed by atoms with van der Waals surface area (Å²) >= 11 is 0. The summed E-state index contributed by atoms with van der Waals surface area (Å²) in [6.07, 6.45) is 4.82. The first-order chi connectivity index (χ1) is 21.1. The highest BCUT2D eigenvalue weighted by atomic mass is 16.2. The highest BCUT2D eigenvalue weighted by molar-refractivity contribution is 6.37. The van der Waals surface area contributed by atoms with E-state index in [1.165, 1.54) is 4.90 Å². The molecule has 1 heterocycles. The van der Waals surface area contributed by atoms with Crippen LogP contribution in [0.3, 0.4) is 0 Å². The van der Waals surface area contributed by atoms with Crippen molar-refractivity contribution in [1.82, 2.24) is 20.9 Å². The van der Waals surface area contributed by atoms with E-state index in [0.717, 1.165) is 32.1 Å². The van der Waals surface area contributed by atoms with Crippen LogP contribution >= 0.6 is 0 Å². The summed E-state index contributed by atoms with van der Waals surface area (Å²) in [4.78, 5) is 80.9. The molecule has 0 spiro atoms. The number of hydrogen-bond donors (Lipinski definition) is 4. The van der Waals surface area contributed by atoms with Crippen LogP contribution in [0.15, 0.2) is 30.3 Å². The van der Waals surface area contributed by atoms with E-state index >= 15 is 0 Å². The molecule has 11 heteroatoms. The molecular formula is C34H47N5O6. The predicted octanol–water partition coefficient (Wildman–Crippen LogP) is 2.57. The van der Waals surface area contributed by atoms with Crippen molar-refractivity contribution in [3.8, 4) is 0 Å². The SMILES string of the molecule is CC(C)(C)[C@H](NC(=O)N[C@H](C(=O)c1ccccc1)C1CCC1)C(=O)N1C[C@H]2[C@@H]([C@H]1C(=O)NC(CC1CC1)C(=O)C(N)=O)C2(C)C. The van der Waals surface area contributed by atoms with Crippen LogP contribution in [-0.4, -0.2) is 70.9 Å². The van der Waals surface area contributed by atoms with Gasteiger partial charge in [0, 0.05) is 12.1 Å². The molecule has 4 fully saturated rings. The number of urea groups is 1. The summed E-state index contributed by atoms with van der Waals surface area (Å²) in [7, 11) is 0. The molecule has 11 nitrogen and oxygen atoms in total. The maximum atomic E-state index is 14.3. The first kappa shape index (κ1) is 32.6. The number of rotatable bonds is 12. The third kappa shape index (κ3) is 6.77. The number of benzene rings is 1. The van der Waals surface area contributed by atoms with Crippen LogP contribution in [0.5, 0.6) is 0 Å². The molecule has 1 saturated heterocycles. The molecule has 0 aromatic heterocycles. The number of nitrogens with two attached hydrogens (primary N) is 1. The molecule has 1 aliphatic heterocycles. The molecule has 3 aliphatic carbocycles. The molecule has 5 N–H and O–H groups in total. The van der Waals surface area contributed by atoms with E-state index in [9.17, 15) is 28.8 Å². The zero-order chi connectivity index (χ0) is 32.8. The molecule has 1 aromatic carbocycles. The first-order valence-electron chi connectivity index (χ1n) is 16.2. The number of Topliss-reactive ketones (excluding diaryl/α,β-unsaturated/α-hetero) is 2. The zero-order valence-corrected chi connectivity index (χ0v) is 26.9. The molecule has 1 aromatic rings. The van der Waals surface area contributed by atoms with Crippen molar-refractivity contribution in [2.24, 2.45) is 40.2 Å². The van der Waals surface area contributed by atoms with E-state index < -0.39 is 59.1 Å². The number of ketones is 2. The fraction of sp³-hybridized carbons (Fsp3) is 0.647. The Morgan fingerprint density at radius 3 is 2.13 bits per heavy atom. The van der Waals surface area contributed by atoms with Gasteiger partial charge in [-0.25, -0.2) is 4.79 Å². The molecule has 5 rings (SSSR count). The van der Waals surface area contributed by atoms with Crippen LogP contribution in [0.2, 0.25) is 0 Å². The van der Waals surface area contributed by atoms with Gasteiger partial charge in [0.05, 0.1) is 12.1 Å². The van der Waals surface area contributed by atoms with Gasteiger partial charge in [-0.1, -0.05) is 84.2 Å². The highest BCUT2D eigenvalue weighted by Crippen LogP contribution is 2.65. The van der Waals surface area contributed by atoms with Crippen LogP contribution < -0.4 is 21.7 Å². The Bertz CT molecular complexity index is 1360. The lowest BCUT2D eigenvalue weighted by Gasteiger charge is -2.38. The lowest BCUT2D eigenvalue weighted by molar-refractivity contribution is -0.145. The van der Waals surface area contributed by atoms with Gasteiger partial charge in [-0.3, -0.25) is 24.0 Å². The van der Waals surface area contributed by atoms with Gasteiger partial charge in [0.15, 0.2) is 5.78 Å². The topological polar surface area (TPSA) is 168 Å². The monoisotopic (exact) mass is 621 g/mol. The minimum atomic E-state index is -1.10. The zero-order valence-electron chi connectivity index (χ0n) is 26.9. The van der Waals surface area contributed by atoms with E-state index in [4.69, 9.17) is 5.73 Å². The number of carbonyl (C=O) groups excluding carboxylic acids is 6. The standard InChI is InChI=1S/C34H47N5O6/c1-33(2,3)28(38-32(45)37-24(19-12-9-13-19)26(40)20-10-7-6-8-11-20)31(44)39-17-21-23(34(21,4)5)25(39)30(43)36-22(16-18-14-15-18)27(41)29(35)42/h6-8,10-11,18-19,21-25,28H,9,12-17H2,1-5H3,(H2,35,42)(H,36,43)(H2,37,38,45)/t21-,22?,23-,24-,25-,28+/m0/s1. The van der Waals surface area contributed by atoms with Crippen molar-refractivity contribution >= 4 is 35.3 Å². The summed E-state index contributed by atoms with van der Waals surface area (Å²) in [6.45, 7) is 9.94. The Morgan fingerprint density at radius 1 is 0.956 bits per heavy atom. The quantitative estimate of drug-likeness (QED) is 0.207. The maximum Gasteiger partial charge on any atom is 0.316 e. The molecule has 0 radical (unpaired) electrons. The van der Waals surface area contributed by atoms with Gasteiger partial charge in [0.2, 0.25) is 17.6 Å². The van der Waals surface area contributed by atoms with Crippen LogP contribution in [0.4, 0.5) is 4.79 Å². The number of likely N-dealkylation sites (tertiary alicyclic amines) is 1. The average Bonchev–Trinajstić information content (AvgIpc) is 3.80. The van der Waals surface area contributed by atoms with E-state index in [2.05, 4.69) is 29.8 Å². The van der Waals surface area contributed by atoms with Crippen LogP contribution in [0.1, 0.15) is 83.5 Å². The molecule has 3 saturated carbocycles. The van der Waals surface area contributed by atoms with E-state index in [1.54, 1.807) is 24.3 Å². The fourth-order valence-corrected chi connectivity index (χ4v) is 7.24. The van der Waals surface area contributed by atoms with Gasteiger partial charge in [-0.15, -0.1) is 0 Å². The molecule has 5 amide bonds. The van der Waals surface area contributed by atoms with Gasteiger partial charge >= 0.3 is 6.03 Å². The summed E-state index contributed by atoms with van der Waals surface area (Å²) in [5, 5.41) is 8.49. The van der Waals surface area contributed by atoms with Gasteiger partial charge < -0.3 is 26.6 Å². The van der Waals surface area contributed by atoms with Crippen molar-refractivity contribution in [3.63, 3.8) is 0 Å². The number of amides is 5. The Labute approximate surface area is 264 Å². The van der Waals surface area contributed by atoms with E-state index in [-0.39, 0.29) is 34.9 Å². The Balaban J connectivity index is 1.33.